The van der Waals surface area contributed by atoms with E-state index in [2.05, 4.69) is 4.98 Å². The summed E-state index contributed by atoms with van der Waals surface area (Å²) in [5, 5.41) is 1.69. The van der Waals surface area contributed by atoms with Crippen LogP contribution in [0.1, 0.15) is 15.9 Å². The van der Waals surface area contributed by atoms with Gasteiger partial charge >= 0.3 is 5.63 Å². The number of thioether (sulfide) groups is 1. The van der Waals surface area contributed by atoms with E-state index in [-0.39, 0.29) is 39.9 Å². The number of fused-ring (bicyclic) bond motifs is 7. The summed E-state index contributed by atoms with van der Waals surface area (Å²) < 4.78 is 42.7. The van der Waals surface area contributed by atoms with Gasteiger partial charge in [0, 0.05) is 27.4 Å². The maximum Gasteiger partial charge on any atom is 0.362 e. The molecule has 4 aromatic heterocycles. The Labute approximate surface area is 199 Å². The van der Waals surface area contributed by atoms with Crippen molar-refractivity contribution in [2.75, 3.05) is 6.26 Å². The quantitative estimate of drug-likeness (QED) is 0.341. The van der Waals surface area contributed by atoms with Gasteiger partial charge in [0.15, 0.2) is 0 Å². The second-order valence-corrected chi connectivity index (χ2v) is 8.83. The molecule has 2 aromatic carbocycles. The van der Waals surface area contributed by atoms with Crippen LogP contribution in [0.5, 0.6) is 0 Å². The molecule has 0 aliphatic carbocycles. The molecule has 10 heteroatoms. The van der Waals surface area contributed by atoms with E-state index in [0.717, 1.165) is 0 Å². The highest BCUT2D eigenvalue weighted by atomic mass is 32.2. The number of halogens is 2. The molecule has 0 aliphatic rings. The van der Waals surface area contributed by atoms with Gasteiger partial charge in [-0.1, -0.05) is 0 Å². The van der Waals surface area contributed by atoms with Crippen LogP contribution in [0.4, 0.5) is 8.78 Å². The Kier molecular flexibility index (Phi) is 4.68. The van der Waals surface area contributed by atoms with Gasteiger partial charge in [-0.3, -0.25) is 4.79 Å². The van der Waals surface area contributed by atoms with Crippen molar-refractivity contribution in [1.82, 2.24) is 9.55 Å². The summed E-state index contributed by atoms with van der Waals surface area (Å²) >= 11 is 1.19. The second kappa shape index (κ2) is 7.67. The average molecular weight is 491 g/mol. The second-order valence-electron chi connectivity index (χ2n) is 7.98. The molecule has 0 bridgehead atoms. The molecule has 0 spiro atoms. The molecule has 2 N–H and O–H groups in total. The van der Waals surface area contributed by atoms with E-state index in [0.29, 0.717) is 26.6 Å². The summed E-state index contributed by atoms with van der Waals surface area (Å²) in [5.74, 6) is -1.87. The van der Waals surface area contributed by atoms with E-state index in [9.17, 15) is 9.59 Å². The van der Waals surface area contributed by atoms with Gasteiger partial charge in [0.1, 0.15) is 22.7 Å². The van der Waals surface area contributed by atoms with Crippen LogP contribution in [0.15, 0.2) is 67.4 Å². The number of benzene rings is 2. The van der Waals surface area contributed by atoms with E-state index in [4.69, 9.17) is 14.6 Å². The number of hydrogen-bond donors (Lipinski definition) is 1. The molecule has 0 fully saturated rings. The third-order valence-electron chi connectivity index (χ3n) is 6.10. The van der Waals surface area contributed by atoms with Gasteiger partial charge in [-0.2, -0.15) is 0 Å². The number of carbonyl (C=O) groups excluding carboxylic acids is 1. The number of furan rings is 1. The molecule has 0 atom stereocenters. The first-order valence-electron chi connectivity index (χ1n) is 10.4. The Morgan fingerprint density at radius 1 is 1.14 bits per heavy atom. The molecule has 1 amide bonds. The predicted molar refractivity (Wildman–Crippen MR) is 129 cm³/mol. The zero-order valence-electron chi connectivity index (χ0n) is 18.1. The molecule has 0 unspecified atom stereocenters. The molecule has 0 radical (unpaired) electrons. The number of pyridine rings is 1. The Hall–Kier alpha value is -4.18. The summed E-state index contributed by atoms with van der Waals surface area (Å²) in [7, 11) is 0. The van der Waals surface area contributed by atoms with Gasteiger partial charge < -0.3 is 19.1 Å². The lowest BCUT2D eigenvalue weighted by Crippen LogP contribution is -2.15. The Morgan fingerprint density at radius 2 is 1.97 bits per heavy atom. The molecule has 0 aliphatic heterocycles. The molecule has 174 valence electrons. The van der Waals surface area contributed by atoms with Crippen LogP contribution >= 0.6 is 11.8 Å². The third-order valence-corrected chi connectivity index (χ3v) is 6.88. The molecule has 35 heavy (non-hydrogen) atoms. The number of aromatic nitrogens is 2. The summed E-state index contributed by atoms with van der Waals surface area (Å²) in [6, 6.07) is 8.77. The minimum Gasteiger partial charge on any atom is -0.463 e. The SMILES string of the molecule is CSc1cc(F)c(Cn2c3cc(F)c4ccoc4c3c3c4cccnc4oc(=O)c32)cc1C(N)=O. The molecule has 6 rings (SSSR count). The monoisotopic (exact) mass is 491 g/mol. The minimum atomic E-state index is -0.723. The molecule has 0 saturated heterocycles. The molecule has 7 nitrogen and oxygen atoms in total. The standard InChI is InChI=1S/C25H15F2N3O4S/c1-35-18-9-15(26)11(7-14(18)23(28)31)10-30-17-8-16(27)12-4-6-33-22(12)20(17)19-13-3-2-5-29-24(13)34-25(32)21(19)30/h2-9H,10H2,1H3,(H2,28,31). The third kappa shape index (κ3) is 3.06. The fourth-order valence-electron chi connectivity index (χ4n) is 4.60. The highest BCUT2D eigenvalue weighted by Gasteiger charge is 2.24. The molecule has 6 aromatic rings. The Balaban J connectivity index is 1.77. The first-order chi connectivity index (χ1) is 16.9. The van der Waals surface area contributed by atoms with Crippen molar-refractivity contribution in [1.29, 1.82) is 0 Å². The van der Waals surface area contributed by atoms with Crippen molar-refractivity contribution in [3.8, 4) is 0 Å². The van der Waals surface area contributed by atoms with E-state index < -0.39 is 23.2 Å². The van der Waals surface area contributed by atoms with Crippen molar-refractivity contribution in [2.45, 2.75) is 11.4 Å². The number of nitrogens with two attached hydrogens (primary N) is 1. The average Bonchev–Trinajstić information content (AvgIpc) is 3.44. The van der Waals surface area contributed by atoms with Gasteiger partial charge in [0.05, 0.1) is 34.7 Å². The first-order valence-corrected chi connectivity index (χ1v) is 11.7. The summed E-state index contributed by atoms with van der Waals surface area (Å²) in [5.41, 5.74) is 5.78. The zero-order valence-corrected chi connectivity index (χ0v) is 18.9. The van der Waals surface area contributed by atoms with E-state index in [1.807, 2.05) is 0 Å². The van der Waals surface area contributed by atoms with Crippen LogP contribution in [-0.2, 0) is 6.54 Å². The number of carbonyl (C=O) groups is 1. The molecular formula is C25H15F2N3O4S. The topological polar surface area (TPSA) is 104 Å². The number of nitrogens with zero attached hydrogens (tertiary/aromatic N) is 2. The van der Waals surface area contributed by atoms with Crippen LogP contribution in [0, 0.1) is 11.6 Å². The predicted octanol–water partition coefficient (Wildman–Crippen LogP) is 5.19. The fraction of sp³-hybridized carbons (Fsp3) is 0.0800. The summed E-state index contributed by atoms with van der Waals surface area (Å²) in [4.78, 5) is 29.7. The van der Waals surface area contributed by atoms with Crippen molar-refractivity contribution in [3.05, 3.63) is 82.0 Å². The van der Waals surface area contributed by atoms with Crippen LogP contribution in [0.25, 0.3) is 43.9 Å². The lowest BCUT2D eigenvalue weighted by Gasteiger charge is -2.12. The van der Waals surface area contributed by atoms with Gasteiger partial charge in [-0.25, -0.2) is 18.6 Å². The largest absolute Gasteiger partial charge is 0.463 e. The van der Waals surface area contributed by atoms with Gasteiger partial charge in [-0.05, 0) is 42.7 Å². The van der Waals surface area contributed by atoms with Crippen LogP contribution < -0.4 is 11.4 Å². The number of amides is 1. The zero-order chi connectivity index (χ0) is 24.4. The van der Waals surface area contributed by atoms with E-state index in [1.54, 1.807) is 18.4 Å². The van der Waals surface area contributed by atoms with Gasteiger partial charge in [0.2, 0.25) is 11.6 Å². The maximum atomic E-state index is 15.1. The lowest BCUT2D eigenvalue weighted by molar-refractivity contribution is 0.0997. The summed E-state index contributed by atoms with van der Waals surface area (Å²) in [6.07, 6.45) is 4.56. The minimum absolute atomic E-state index is 0.0952. The van der Waals surface area contributed by atoms with Gasteiger partial charge in [0.25, 0.3) is 0 Å². The van der Waals surface area contributed by atoms with Crippen molar-refractivity contribution in [3.63, 3.8) is 0 Å². The van der Waals surface area contributed by atoms with Gasteiger partial charge in [-0.15, -0.1) is 11.8 Å². The highest BCUT2D eigenvalue weighted by molar-refractivity contribution is 7.98. The first kappa shape index (κ1) is 21.4. The lowest BCUT2D eigenvalue weighted by atomic mass is 10.1. The van der Waals surface area contributed by atoms with Crippen LogP contribution in [-0.4, -0.2) is 21.7 Å². The van der Waals surface area contributed by atoms with Crippen LogP contribution in [0.3, 0.4) is 0 Å². The Bertz CT molecular complexity index is 1900. The van der Waals surface area contributed by atoms with E-state index >= 15 is 8.78 Å². The number of hydrogen-bond acceptors (Lipinski definition) is 6. The fourth-order valence-corrected chi connectivity index (χ4v) is 5.20. The summed E-state index contributed by atoms with van der Waals surface area (Å²) in [6.45, 7) is -0.192. The van der Waals surface area contributed by atoms with E-state index in [1.165, 1.54) is 53.1 Å². The van der Waals surface area contributed by atoms with Crippen molar-refractivity contribution < 1.29 is 22.4 Å². The normalized spacial score (nSPS) is 11.9. The number of rotatable bonds is 4. The Morgan fingerprint density at radius 3 is 2.74 bits per heavy atom. The highest BCUT2D eigenvalue weighted by Crippen LogP contribution is 2.39. The maximum absolute atomic E-state index is 15.1. The molecular weight excluding hydrogens is 476 g/mol. The number of primary amides is 1. The molecule has 4 heterocycles. The smallest absolute Gasteiger partial charge is 0.362 e. The van der Waals surface area contributed by atoms with Crippen molar-refractivity contribution in [2.24, 2.45) is 5.73 Å². The molecule has 0 saturated carbocycles. The van der Waals surface area contributed by atoms with Crippen LogP contribution in [0.2, 0.25) is 0 Å². The van der Waals surface area contributed by atoms with Crippen molar-refractivity contribution >= 4 is 61.5 Å².